The normalized spacial score (nSPS) is 11.2. The van der Waals surface area contributed by atoms with Crippen LogP contribution in [0.2, 0.25) is 0 Å². The Bertz CT molecular complexity index is 1280. The molecule has 0 N–H and O–H groups in total. The summed E-state index contributed by atoms with van der Waals surface area (Å²) in [6.07, 6.45) is 0. The maximum Gasteiger partial charge on any atom is 0.336 e. The van der Waals surface area contributed by atoms with Gasteiger partial charge in [-0.15, -0.1) is 11.3 Å². The summed E-state index contributed by atoms with van der Waals surface area (Å²) in [5, 5.41) is 1.86. The van der Waals surface area contributed by atoms with Gasteiger partial charge in [-0.3, -0.25) is 9.36 Å². The molecule has 0 fully saturated rings. The smallest absolute Gasteiger partial charge is 0.288 e. The van der Waals surface area contributed by atoms with Crippen molar-refractivity contribution >= 4 is 21.6 Å². The van der Waals surface area contributed by atoms with Crippen molar-refractivity contribution < 1.29 is 0 Å². The zero-order valence-corrected chi connectivity index (χ0v) is 16.3. The molecule has 2 heterocycles. The van der Waals surface area contributed by atoms with Crippen LogP contribution in [0, 0.1) is 20.8 Å². The fourth-order valence-corrected chi connectivity index (χ4v) is 4.14. The van der Waals surface area contributed by atoms with E-state index in [-0.39, 0.29) is 11.2 Å². The molecule has 0 saturated carbocycles. The summed E-state index contributed by atoms with van der Waals surface area (Å²) in [5.41, 5.74) is 5.19. The standard InChI is InChI=1S/C22H20N2O2S/c1-14-5-4-6-18(11-14)24-21(25)20-19(9-10-27-20)23(22(24)26)13-17-8-7-15(2)16(3)12-17/h4-12H,13H2,1-3H3. The number of nitrogens with zero attached hydrogens (tertiary/aromatic N) is 2. The molecule has 136 valence electrons. The first-order valence-corrected chi connectivity index (χ1v) is 9.70. The van der Waals surface area contributed by atoms with Crippen molar-refractivity contribution in [2.24, 2.45) is 0 Å². The van der Waals surface area contributed by atoms with E-state index in [9.17, 15) is 9.59 Å². The van der Waals surface area contributed by atoms with Gasteiger partial charge in [-0.25, -0.2) is 9.36 Å². The highest BCUT2D eigenvalue weighted by Gasteiger charge is 2.16. The van der Waals surface area contributed by atoms with E-state index in [0.29, 0.717) is 22.4 Å². The van der Waals surface area contributed by atoms with Gasteiger partial charge in [0.2, 0.25) is 0 Å². The van der Waals surface area contributed by atoms with E-state index in [0.717, 1.165) is 11.1 Å². The van der Waals surface area contributed by atoms with Crippen molar-refractivity contribution in [3.05, 3.63) is 97.0 Å². The average Bonchev–Trinajstić information content (AvgIpc) is 3.12. The lowest BCUT2D eigenvalue weighted by Gasteiger charge is -2.13. The maximum absolute atomic E-state index is 13.3. The molecule has 5 heteroatoms. The van der Waals surface area contributed by atoms with E-state index in [1.807, 2.05) is 42.6 Å². The van der Waals surface area contributed by atoms with Gasteiger partial charge in [0, 0.05) is 0 Å². The second-order valence-electron chi connectivity index (χ2n) is 6.90. The molecule has 2 aromatic heterocycles. The van der Waals surface area contributed by atoms with Gasteiger partial charge >= 0.3 is 5.69 Å². The fourth-order valence-electron chi connectivity index (χ4n) is 3.32. The van der Waals surface area contributed by atoms with E-state index < -0.39 is 0 Å². The van der Waals surface area contributed by atoms with Crippen LogP contribution in [0.1, 0.15) is 22.3 Å². The third-order valence-electron chi connectivity index (χ3n) is 4.93. The lowest BCUT2D eigenvalue weighted by atomic mass is 10.1. The van der Waals surface area contributed by atoms with Gasteiger partial charge in [-0.2, -0.15) is 0 Å². The van der Waals surface area contributed by atoms with Crippen molar-refractivity contribution in [2.45, 2.75) is 27.3 Å². The quantitative estimate of drug-likeness (QED) is 0.538. The molecule has 0 unspecified atom stereocenters. The molecule has 0 atom stereocenters. The summed E-state index contributed by atoms with van der Waals surface area (Å²) < 4.78 is 3.58. The summed E-state index contributed by atoms with van der Waals surface area (Å²) in [6.45, 7) is 6.51. The van der Waals surface area contributed by atoms with E-state index in [1.54, 1.807) is 10.6 Å². The predicted molar refractivity (Wildman–Crippen MR) is 111 cm³/mol. The van der Waals surface area contributed by atoms with Crippen LogP contribution in [0.5, 0.6) is 0 Å². The third kappa shape index (κ3) is 3.04. The van der Waals surface area contributed by atoms with Gasteiger partial charge in [-0.1, -0.05) is 30.3 Å². The molecule has 0 aliphatic rings. The van der Waals surface area contributed by atoms with Crippen molar-refractivity contribution in [1.82, 2.24) is 9.13 Å². The zero-order valence-electron chi connectivity index (χ0n) is 15.5. The Morgan fingerprint density at radius 3 is 2.48 bits per heavy atom. The van der Waals surface area contributed by atoms with Crippen LogP contribution in [-0.4, -0.2) is 9.13 Å². The Balaban J connectivity index is 1.97. The second-order valence-corrected chi connectivity index (χ2v) is 7.82. The van der Waals surface area contributed by atoms with Crippen LogP contribution in [0.3, 0.4) is 0 Å². The number of thiophene rings is 1. The molecular weight excluding hydrogens is 356 g/mol. The van der Waals surface area contributed by atoms with Crippen LogP contribution in [0.15, 0.2) is 63.5 Å². The Hall–Kier alpha value is -2.92. The van der Waals surface area contributed by atoms with Crippen molar-refractivity contribution in [1.29, 1.82) is 0 Å². The second kappa shape index (κ2) is 6.67. The van der Waals surface area contributed by atoms with Gasteiger partial charge in [0.05, 0.1) is 17.7 Å². The van der Waals surface area contributed by atoms with Gasteiger partial charge in [0.1, 0.15) is 4.70 Å². The Morgan fingerprint density at radius 1 is 0.926 bits per heavy atom. The molecule has 0 aliphatic carbocycles. The number of rotatable bonds is 3. The summed E-state index contributed by atoms with van der Waals surface area (Å²) in [6, 6.07) is 15.5. The number of aromatic nitrogens is 2. The molecule has 0 saturated heterocycles. The first-order valence-electron chi connectivity index (χ1n) is 8.82. The molecular formula is C22H20N2O2S. The van der Waals surface area contributed by atoms with E-state index in [1.165, 1.54) is 27.0 Å². The highest BCUT2D eigenvalue weighted by Crippen LogP contribution is 2.19. The Morgan fingerprint density at radius 2 is 1.74 bits per heavy atom. The van der Waals surface area contributed by atoms with Crippen LogP contribution >= 0.6 is 11.3 Å². The Kier molecular flexibility index (Phi) is 4.32. The highest BCUT2D eigenvalue weighted by molar-refractivity contribution is 7.17. The van der Waals surface area contributed by atoms with Gasteiger partial charge in [0.15, 0.2) is 0 Å². The van der Waals surface area contributed by atoms with Crippen LogP contribution in [0.4, 0.5) is 0 Å². The minimum absolute atomic E-state index is 0.257. The maximum atomic E-state index is 13.3. The number of hydrogen-bond acceptors (Lipinski definition) is 3. The van der Waals surface area contributed by atoms with Crippen LogP contribution < -0.4 is 11.2 Å². The molecule has 2 aromatic carbocycles. The van der Waals surface area contributed by atoms with Gasteiger partial charge < -0.3 is 0 Å². The summed E-state index contributed by atoms with van der Waals surface area (Å²) in [7, 11) is 0. The predicted octanol–water partition coefficient (Wildman–Crippen LogP) is 4.19. The number of hydrogen-bond donors (Lipinski definition) is 0. The van der Waals surface area contributed by atoms with Gasteiger partial charge in [-0.05, 0) is 66.6 Å². The summed E-state index contributed by atoms with van der Waals surface area (Å²) in [4.78, 5) is 26.3. The summed E-state index contributed by atoms with van der Waals surface area (Å²) in [5.74, 6) is 0. The molecule has 4 nitrogen and oxygen atoms in total. The van der Waals surface area contributed by atoms with E-state index >= 15 is 0 Å². The topological polar surface area (TPSA) is 44.0 Å². The fraction of sp³-hybridized carbons (Fsp3) is 0.182. The molecule has 0 radical (unpaired) electrons. The lowest BCUT2D eigenvalue weighted by Crippen LogP contribution is -2.38. The first-order chi connectivity index (χ1) is 13.0. The van der Waals surface area contributed by atoms with Crippen molar-refractivity contribution in [3.8, 4) is 5.69 Å². The zero-order chi connectivity index (χ0) is 19.1. The Labute approximate surface area is 161 Å². The molecule has 27 heavy (non-hydrogen) atoms. The van der Waals surface area contributed by atoms with Crippen molar-refractivity contribution in [2.75, 3.05) is 0 Å². The largest absolute Gasteiger partial charge is 0.336 e. The van der Waals surface area contributed by atoms with E-state index in [4.69, 9.17) is 0 Å². The van der Waals surface area contributed by atoms with E-state index in [2.05, 4.69) is 26.0 Å². The van der Waals surface area contributed by atoms with Crippen LogP contribution in [0.25, 0.3) is 15.9 Å². The molecule has 4 aromatic rings. The highest BCUT2D eigenvalue weighted by atomic mass is 32.1. The molecule has 4 rings (SSSR count). The number of benzene rings is 2. The van der Waals surface area contributed by atoms with Crippen molar-refractivity contribution in [3.63, 3.8) is 0 Å². The molecule has 0 spiro atoms. The minimum atomic E-state index is -0.310. The minimum Gasteiger partial charge on any atom is -0.288 e. The summed E-state index contributed by atoms with van der Waals surface area (Å²) >= 11 is 1.37. The van der Waals surface area contributed by atoms with Crippen LogP contribution in [-0.2, 0) is 6.54 Å². The lowest BCUT2D eigenvalue weighted by molar-refractivity contribution is 0.715. The molecule has 0 bridgehead atoms. The monoisotopic (exact) mass is 376 g/mol. The average molecular weight is 376 g/mol. The molecule has 0 amide bonds. The first kappa shape index (κ1) is 17.5. The SMILES string of the molecule is Cc1cccc(-n2c(=O)c3sccc3n(Cc3ccc(C)c(C)c3)c2=O)c1. The molecule has 0 aliphatic heterocycles. The number of fused-ring (bicyclic) bond motifs is 1. The third-order valence-corrected chi connectivity index (χ3v) is 5.82. The number of aryl methyl sites for hydroxylation is 3. The van der Waals surface area contributed by atoms with Gasteiger partial charge in [0.25, 0.3) is 5.56 Å².